The number of carbonyl (C=O) groups excluding carboxylic acids is 1. The zero-order valence-electron chi connectivity index (χ0n) is 17.7. The van der Waals surface area contributed by atoms with Crippen molar-refractivity contribution in [1.82, 2.24) is 14.5 Å². The molecule has 2 heterocycles. The van der Waals surface area contributed by atoms with E-state index in [0.717, 1.165) is 68.7 Å². The van der Waals surface area contributed by atoms with E-state index in [2.05, 4.69) is 15.2 Å². The van der Waals surface area contributed by atoms with Crippen molar-refractivity contribution >= 4 is 23.4 Å². The van der Waals surface area contributed by atoms with Gasteiger partial charge in [-0.05, 0) is 37.8 Å². The number of rotatable bonds is 7. The van der Waals surface area contributed by atoms with E-state index >= 15 is 0 Å². The third-order valence-electron chi connectivity index (χ3n) is 5.74. The molecule has 1 aliphatic carbocycles. The van der Waals surface area contributed by atoms with Crippen LogP contribution in [0.5, 0.6) is 0 Å². The van der Waals surface area contributed by atoms with Crippen LogP contribution in [0.25, 0.3) is 0 Å². The third-order valence-corrected chi connectivity index (χ3v) is 6.76. The molecule has 172 valence electrons. The number of aromatic nitrogens is 2. The standard InChI is InChI=1S/C22H26F2N4O3S/c23-17-6-5-15(13-18(17)24)25-20(29)14-32-21-16-3-1-2-4-19(16)28(22(30)26-21)8-7-27-9-11-31-12-10-27/h5-6,13H,1-4,7-12,14H2,(H,25,29). The van der Waals surface area contributed by atoms with Crippen LogP contribution in [0.15, 0.2) is 28.0 Å². The molecule has 1 saturated heterocycles. The second kappa shape index (κ2) is 10.5. The number of halogens is 2. The van der Waals surface area contributed by atoms with Gasteiger partial charge in [0.05, 0.1) is 19.0 Å². The Morgan fingerprint density at radius 1 is 1.12 bits per heavy atom. The molecule has 2 aliphatic rings. The number of hydrogen-bond acceptors (Lipinski definition) is 6. The molecule has 4 rings (SSSR count). The van der Waals surface area contributed by atoms with Crippen LogP contribution in [0, 0.1) is 11.6 Å². The predicted octanol–water partition coefficient (Wildman–Crippen LogP) is 2.46. The van der Waals surface area contributed by atoms with Crippen LogP contribution < -0.4 is 11.0 Å². The summed E-state index contributed by atoms with van der Waals surface area (Å²) in [4.78, 5) is 31.7. The molecule has 0 radical (unpaired) electrons. The number of carbonyl (C=O) groups is 1. The quantitative estimate of drug-likeness (QED) is 0.501. The van der Waals surface area contributed by atoms with Crippen molar-refractivity contribution in [2.45, 2.75) is 37.3 Å². The van der Waals surface area contributed by atoms with Gasteiger partial charge in [0.15, 0.2) is 11.6 Å². The van der Waals surface area contributed by atoms with Crippen LogP contribution in [-0.4, -0.2) is 59.0 Å². The van der Waals surface area contributed by atoms with Crippen molar-refractivity contribution in [3.63, 3.8) is 0 Å². The Labute approximate surface area is 189 Å². The summed E-state index contributed by atoms with van der Waals surface area (Å²) >= 11 is 1.21. The van der Waals surface area contributed by atoms with Gasteiger partial charge in [-0.1, -0.05) is 11.8 Å². The summed E-state index contributed by atoms with van der Waals surface area (Å²) in [5, 5.41) is 3.14. The summed E-state index contributed by atoms with van der Waals surface area (Å²) in [7, 11) is 0. The van der Waals surface area contributed by atoms with E-state index in [1.54, 1.807) is 4.57 Å². The molecular weight excluding hydrogens is 438 g/mol. The highest BCUT2D eigenvalue weighted by atomic mass is 32.2. The Morgan fingerprint density at radius 3 is 2.69 bits per heavy atom. The SMILES string of the molecule is O=C(CSc1nc(=O)n(CCN2CCOCC2)c2c1CCCC2)Nc1ccc(F)c(F)c1. The molecule has 1 N–H and O–H groups in total. The maximum Gasteiger partial charge on any atom is 0.348 e. The van der Waals surface area contributed by atoms with Gasteiger partial charge in [0.2, 0.25) is 5.91 Å². The Hall–Kier alpha value is -2.30. The highest BCUT2D eigenvalue weighted by Gasteiger charge is 2.22. The highest BCUT2D eigenvalue weighted by Crippen LogP contribution is 2.28. The molecule has 1 aromatic carbocycles. The maximum atomic E-state index is 13.3. The minimum absolute atomic E-state index is 0.0235. The molecule has 7 nitrogen and oxygen atoms in total. The predicted molar refractivity (Wildman–Crippen MR) is 118 cm³/mol. The number of nitrogens with zero attached hydrogens (tertiary/aromatic N) is 3. The lowest BCUT2D eigenvalue weighted by Gasteiger charge is -2.28. The van der Waals surface area contributed by atoms with E-state index in [1.165, 1.54) is 17.8 Å². The molecular formula is C22H26F2N4O3S. The first kappa shape index (κ1) is 22.9. The molecule has 0 saturated carbocycles. The zero-order chi connectivity index (χ0) is 22.5. The van der Waals surface area contributed by atoms with Crippen molar-refractivity contribution in [1.29, 1.82) is 0 Å². The van der Waals surface area contributed by atoms with E-state index < -0.39 is 11.6 Å². The molecule has 2 aromatic rings. The van der Waals surface area contributed by atoms with Gasteiger partial charge in [0.25, 0.3) is 0 Å². The first-order chi connectivity index (χ1) is 15.5. The van der Waals surface area contributed by atoms with E-state index in [-0.39, 0.29) is 23.0 Å². The van der Waals surface area contributed by atoms with Gasteiger partial charge >= 0.3 is 5.69 Å². The number of fused-ring (bicyclic) bond motifs is 1. The molecule has 32 heavy (non-hydrogen) atoms. The summed E-state index contributed by atoms with van der Waals surface area (Å²) in [5.41, 5.74) is 1.96. The topological polar surface area (TPSA) is 76.5 Å². The Morgan fingerprint density at radius 2 is 1.91 bits per heavy atom. The lowest BCUT2D eigenvalue weighted by atomic mass is 9.97. The van der Waals surface area contributed by atoms with E-state index in [4.69, 9.17) is 4.74 Å². The van der Waals surface area contributed by atoms with Crippen LogP contribution in [0.1, 0.15) is 24.1 Å². The van der Waals surface area contributed by atoms with E-state index in [1.807, 2.05) is 0 Å². The zero-order valence-corrected chi connectivity index (χ0v) is 18.6. The van der Waals surface area contributed by atoms with Gasteiger partial charge in [-0.3, -0.25) is 14.3 Å². The largest absolute Gasteiger partial charge is 0.379 e. The first-order valence-electron chi connectivity index (χ1n) is 10.8. The average molecular weight is 465 g/mol. The van der Waals surface area contributed by atoms with Crippen LogP contribution in [0.2, 0.25) is 0 Å². The molecule has 10 heteroatoms. The third kappa shape index (κ3) is 5.54. The van der Waals surface area contributed by atoms with Crippen molar-refractivity contribution in [3.8, 4) is 0 Å². The Bertz CT molecular complexity index is 1040. The van der Waals surface area contributed by atoms with Gasteiger partial charge in [0.1, 0.15) is 5.03 Å². The van der Waals surface area contributed by atoms with Crippen molar-refractivity contribution < 1.29 is 18.3 Å². The van der Waals surface area contributed by atoms with Crippen molar-refractivity contribution in [2.24, 2.45) is 0 Å². The van der Waals surface area contributed by atoms with Gasteiger partial charge < -0.3 is 10.1 Å². The molecule has 0 atom stereocenters. The van der Waals surface area contributed by atoms with Gasteiger partial charge in [-0.15, -0.1) is 0 Å². The molecule has 0 bridgehead atoms. The fourth-order valence-corrected chi connectivity index (χ4v) is 4.95. The smallest absolute Gasteiger partial charge is 0.348 e. The number of morpholine rings is 1. The van der Waals surface area contributed by atoms with E-state index in [0.29, 0.717) is 24.8 Å². The summed E-state index contributed by atoms with van der Waals surface area (Å²) in [6.07, 6.45) is 3.69. The highest BCUT2D eigenvalue weighted by molar-refractivity contribution is 8.00. The second-order valence-electron chi connectivity index (χ2n) is 7.90. The normalized spacial score (nSPS) is 16.6. The fraction of sp³-hybridized carbons (Fsp3) is 0.500. The molecule has 1 aliphatic heterocycles. The Balaban J connectivity index is 1.44. The van der Waals surface area contributed by atoms with Gasteiger partial charge in [-0.2, -0.15) is 4.98 Å². The minimum Gasteiger partial charge on any atom is -0.379 e. The van der Waals surface area contributed by atoms with Crippen LogP contribution in [0.4, 0.5) is 14.5 Å². The van der Waals surface area contributed by atoms with Gasteiger partial charge in [0, 0.05) is 49.2 Å². The molecule has 1 amide bonds. The van der Waals surface area contributed by atoms with Crippen LogP contribution >= 0.6 is 11.8 Å². The number of nitrogens with one attached hydrogen (secondary N) is 1. The maximum absolute atomic E-state index is 13.3. The average Bonchev–Trinajstić information content (AvgIpc) is 2.80. The number of hydrogen-bond donors (Lipinski definition) is 1. The number of benzene rings is 1. The summed E-state index contributed by atoms with van der Waals surface area (Å²) in [6, 6.07) is 3.21. The first-order valence-corrected chi connectivity index (χ1v) is 11.8. The van der Waals surface area contributed by atoms with Crippen molar-refractivity contribution in [3.05, 3.63) is 51.6 Å². The molecule has 1 aromatic heterocycles. The number of anilines is 1. The second-order valence-corrected chi connectivity index (χ2v) is 8.87. The number of amides is 1. The monoisotopic (exact) mass is 464 g/mol. The Kier molecular flexibility index (Phi) is 7.54. The molecule has 1 fully saturated rings. The lowest BCUT2D eigenvalue weighted by Crippen LogP contribution is -2.40. The number of thioether (sulfide) groups is 1. The van der Waals surface area contributed by atoms with Crippen LogP contribution in [-0.2, 0) is 28.9 Å². The summed E-state index contributed by atoms with van der Waals surface area (Å²) < 4.78 is 33.6. The van der Waals surface area contributed by atoms with E-state index in [9.17, 15) is 18.4 Å². The minimum atomic E-state index is -1.02. The molecule has 0 unspecified atom stereocenters. The lowest BCUT2D eigenvalue weighted by molar-refractivity contribution is -0.113. The summed E-state index contributed by atoms with van der Waals surface area (Å²) in [5.74, 6) is -2.34. The van der Waals surface area contributed by atoms with Crippen LogP contribution in [0.3, 0.4) is 0 Å². The molecule has 0 spiro atoms. The van der Waals surface area contributed by atoms with Gasteiger partial charge in [-0.25, -0.2) is 13.6 Å². The number of ether oxygens (including phenoxy) is 1. The van der Waals surface area contributed by atoms with Crippen molar-refractivity contribution in [2.75, 3.05) is 43.9 Å². The summed E-state index contributed by atoms with van der Waals surface area (Å²) in [6.45, 7) is 4.54. The fourth-order valence-electron chi connectivity index (χ4n) is 4.07.